The number of amides is 1. The molecule has 5 aromatic rings. The highest BCUT2D eigenvalue weighted by Crippen LogP contribution is 2.54. The number of aromatic amines is 2. The number of carbonyl (C=O) groups excluding carboxylic acids is 2. The number of anilines is 2. The van der Waals surface area contributed by atoms with Gasteiger partial charge in [0, 0.05) is 6.42 Å². The highest BCUT2D eigenvalue weighted by molar-refractivity contribution is 7.47. The number of aromatic nitrogens is 8. The average molecular weight is 1180 g/mol. The summed E-state index contributed by atoms with van der Waals surface area (Å²) in [5.41, 5.74) is 9.19. The number of halogens is 5. The number of nitrogens with two attached hydrogens (primary N) is 2. The number of hydrogen-bond acceptors (Lipinski definition) is 25. The number of H-pyrrole nitrogens is 2. The Kier molecular flexibility index (Phi) is 19.2. The number of ether oxygens (including phenoxy) is 8. The highest BCUT2D eigenvalue weighted by atomic mass is 31.2. The van der Waals surface area contributed by atoms with Crippen molar-refractivity contribution in [3.63, 3.8) is 0 Å². The van der Waals surface area contributed by atoms with E-state index >= 15 is 0 Å². The first-order valence-corrected chi connectivity index (χ1v) is 26.3. The van der Waals surface area contributed by atoms with Crippen LogP contribution in [-0.2, 0) is 70.0 Å². The van der Waals surface area contributed by atoms with Crippen molar-refractivity contribution in [3.05, 3.63) is 62.4 Å². The Morgan fingerprint density at radius 3 is 1.58 bits per heavy atom. The molecule has 3 saturated heterocycles. The van der Waals surface area contributed by atoms with Gasteiger partial charge in [-0.1, -0.05) is 0 Å². The fourth-order valence-electron chi connectivity index (χ4n) is 7.97. The molecular weight excluding hydrogens is 1130 g/mol. The summed E-state index contributed by atoms with van der Waals surface area (Å²) in [6, 6.07) is -1.53. The number of hydrogen-bond donors (Lipinski definition) is 8. The summed E-state index contributed by atoms with van der Waals surface area (Å²) in [5.74, 6) is -16.0. The fourth-order valence-corrected chi connectivity index (χ4v) is 9.90. The van der Waals surface area contributed by atoms with E-state index < -0.39 is 142 Å². The summed E-state index contributed by atoms with van der Waals surface area (Å²) >= 11 is 0. The molecule has 8 rings (SSSR count). The fraction of sp³-hybridized carbons (Fsp3) is 0.550. The third kappa shape index (κ3) is 14.1. The number of aliphatic hydroxyl groups excluding tert-OH is 1. The number of fused-ring (bicyclic) bond motifs is 4. The van der Waals surface area contributed by atoms with E-state index in [0.29, 0.717) is 0 Å². The molecule has 1 amide bonds. The molecule has 3 fully saturated rings. The number of nitrogens with one attached hydrogen (secondary N) is 3. The summed E-state index contributed by atoms with van der Waals surface area (Å²) in [4.78, 5) is 93.3. The minimum Gasteiger partial charge on any atom is -0.420 e. The maximum absolute atomic E-state index is 13.8. The van der Waals surface area contributed by atoms with Crippen LogP contribution in [0.5, 0.6) is 5.75 Å². The number of imidazole rings is 2. The number of phosphoric ester groups is 2. The second-order valence-electron chi connectivity index (χ2n) is 16.9. The second kappa shape index (κ2) is 25.6. The molecule has 0 radical (unpaired) electrons. The maximum Gasteiger partial charge on any atom is 0.472 e. The summed E-state index contributed by atoms with van der Waals surface area (Å²) in [6.45, 7) is -1.79. The number of carbonyl (C=O) groups is 2. The van der Waals surface area contributed by atoms with Gasteiger partial charge < -0.3 is 69.6 Å². The smallest absolute Gasteiger partial charge is 0.420 e. The molecule has 79 heavy (non-hydrogen) atoms. The van der Waals surface area contributed by atoms with Crippen LogP contribution >= 0.6 is 15.6 Å². The van der Waals surface area contributed by atoms with Gasteiger partial charge in [0.2, 0.25) is 52.6 Å². The van der Waals surface area contributed by atoms with Crippen LogP contribution in [0.15, 0.2) is 22.2 Å². The summed E-state index contributed by atoms with van der Waals surface area (Å²) < 4.78 is 161. The van der Waals surface area contributed by atoms with Crippen molar-refractivity contribution in [2.75, 3.05) is 90.7 Å². The molecule has 10 atom stereocenters. The predicted octanol–water partition coefficient (Wildman–Crippen LogP) is -0.760. The lowest BCUT2D eigenvalue weighted by Gasteiger charge is -2.29. The Morgan fingerprint density at radius 1 is 0.658 bits per heavy atom. The quantitative estimate of drug-likeness (QED) is 0.00803. The zero-order chi connectivity index (χ0) is 56.8. The third-order valence-electron chi connectivity index (χ3n) is 11.5. The molecule has 0 aliphatic carbocycles. The molecule has 32 nitrogen and oxygen atoms in total. The van der Waals surface area contributed by atoms with Crippen molar-refractivity contribution in [1.82, 2.24) is 44.4 Å². The Morgan fingerprint density at radius 2 is 1.08 bits per heavy atom. The SMILES string of the molecule is Nc1nc2c(ncn2[C@@H]2O[C@@H]3COP(=O)(O)O[C@@H]4[C@H](O)[C@H](n5cnc6c(=O)[nH]c(N)nc65)O[C@@H]4COP(=O)(O)O[C@@H]3C2NC(=O)CCOCCOCCOCCOCCOCCC(=O)Oc2c(F)c(F)c(F)c(F)c2F)c(=O)[nH]1. The normalized spacial score (nSPS) is 26.4. The van der Waals surface area contributed by atoms with Crippen molar-refractivity contribution in [2.24, 2.45) is 0 Å². The number of nitrogens with zero attached hydrogens (tertiary/aromatic N) is 6. The largest absolute Gasteiger partial charge is 0.472 e. The lowest BCUT2D eigenvalue weighted by Crippen LogP contribution is -2.48. The minimum atomic E-state index is -5.31. The van der Waals surface area contributed by atoms with Gasteiger partial charge >= 0.3 is 21.6 Å². The predicted molar refractivity (Wildman–Crippen MR) is 247 cm³/mol. The second-order valence-corrected chi connectivity index (χ2v) is 19.7. The van der Waals surface area contributed by atoms with E-state index in [2.05, 4.69) is 40.0 Å². The first-order valence-electron chi connectivity index (χ1n) is 23.3. The number of benzene rings is 1. The van der Waals surface area contributed by atoms with Gasteiger partial charge in [-0.3, -0.25) is 56.4 Å². The van der Waals surface area contributed by atoms with E-state index in [-0.39, 0.29) is 107 Å². The Balaban J connectivity index is 0.791. The molecule has 3 aliphatic heterocycles. The number of aliphatic hydroxyl groups is 1. The van der Waals surface area contributed by atoms with E-state index in [1.165, 1.54) is 0 Å². The standard InChI is InChI=1S/C40H48F5N11O21P2/c41-21-22(42)24(44)32(25(45)23(21)43)75-20(58)2-4-67-6-8-69-10-12-70-11-9-68-7-5-66-3-1-19(57)50-26-30-17(73-37(26)55-15-48-27-33(55)51-39(46)53-35(27)60)13-71-79(64,65)77-31-18(14-72-78(62,63)76-30)74-38(29(31)59)56-16-49-28-34(56)52-40(47)54-36(28)61/h15-18,26,29-31,37-38,59H,1-14H2,(H,50,57)(H,62,63)(H,64,65)(H3,46,51,53,60)(H3,47,52,54,61)/t17-,18-,26?,29+,30+,31+,37-,38-/m1/s1. The molecular formula is C40H48F5N11O21P2. The van der Waals surface area contributed by atoms with E-state index in [1.807, 2.05) is 0 Å². The monoisotopic (exact) mass is 1180 g/mol. The lowest BCUT2D eigenvalue weighted by molar-refractivity contribution is -0.136. The van der Waals surface area contributed by atoms with Crippen LogP contribution in [0.25, 0.3) is 22.3 Å². The van der Waals surface area contributed by atoms with Gasteiger partial charge in [-0.15, -0.1) is 0 Å². The Bertz CT molecular complexity index is 3200. The van der Waals surface area contributed by atoms with E-state index in [1.54, 1.807) is 0 Å². The summed E-state index contributed by atoms with van der Waals surface area (Å²) in [6.07, 6.45) is -10.6. The molecule has 10 N–H and O–H groups in total. The molecule has 3 aliphatic rings. The van der Waals surface area contributed by atoms with Crippen LogP contribution in [0.4, 0.5) is 33.8 Å². The molecule has 0 spiro atoms. The third-order valence-corrected chi connectivity index (χ3v) is 13.5. The van der Waals surface area contributed by atoms with Gasteiger partial charge in [-0.25, -0.2) is 32.3 Å². The highest BCUT2D eigenvalue weighted by Gasteiger charge is 2.55. The lowest BCUT2D eigenvalue weighted by atomic mass is 10.1. The molecule has 4 aromatic heterocycles. The molecule has 3 unspecified atom stereocenters. The van der Waals surface area contributed by atoms with E-state index in [9.17, 15) is 65.2 Å². The van der Waals surface area contributed by atoms with Crippen LogP contribution in [0.3, 0.4) is 0 Å². The van der Waals surface area contributed by atoms with Gasteiger partial charge in [0.05, 0.1) is 98.4 Å². The maximum atomic E-state index is 13.8. The first kappa shape index (κ1) is 59.1. The minimum absolute atomic E-state index is 0.0100. The summed E-state index contributed by atoms with van der Waals surface area (Å²) in [7, 11) is -10.6. The van der Waals surface area contributed by atoms with Crippen molar-refractivity contribution in [3.8, 4) is 5.75 Å². The molecule has 434 valence electrons. The van der Waals surface area contributed by atoms with Crippen molar-refractivity contribution in [2.45, 2.75) is 61.9 Å². The zero-order valence-electron chi connectivity index (χ0n) is 40.5. The molecule has 0 saturated carbocycles. The average Bonchev–Trinajstić information content (AvgIpc) is 4.40. The van der Waals surface area contributed by atoms with Gasteiger partial charge in [0.25, 0.3) is 11.1 Å². The van der Waals surface area contributed by atoms with Crippen molar-refractivity contribution in [1.29, 1.82) is 0 Å². The molecule has 1 aromatic carbocycles. The molecule has 7 heterocycles. The number of nitrogen functional groups attached to an aromatic ring is 2. The van der Waals surface area contributed by atoms with Crippen LogP contribution in [-0.4, -0.2) is 182 Å². The van der Waals surface area contributed by atoms with Crippen LogP contribution in [0, 0.1) is 29.1 Å². The molecule has 39 heteroatoms. The summed E-state index contributed by atoms with van der Waals surface area (Å²) in [5, 5.41) is 14.0. The number of phosphoric acid groups is 2. The first-order chi connectivity index (χ1) is 37.6. The topological polar surface area (TPSA) is 431 Å². The van der Waals surface area contributed by atoms with E-state index in [0.717, 1.165) is 21.8 Å². The number of esters is 1. The Labute approximate surface area is 437 Å². The van der Waals surface area contributed by atoms with Crippen LogP contribution in [0.2, 0.25) is 0 Å². The van der Waals surface area contributed by atoms with Crippen LogP contribution < -0.4 is 32.6 Å². The van der Waals surface area contributed by atoms with Crippen LogP contribution in [0.1, 0.15) is 25.3 Å². The number of rotatable bonds is 22. The van der Waals surface area contributed by atoms with Gasteiger partial charge in [-0.05, 0) is 0 Å². The van der Waals surface area contributed by atoms with Gasteiger partial charge in [0.15, 0.2) is 34.8 Å². The Hall–Kier alpha value is -5.99. The van der Waals surface area contributed by atoms with Crippen molar-refractivity contribution < 1.29 is 112 Å². The van der Waals surface area contributed by atoms with E-state index in [4.69, 9.17) is 62.7 Å². The van der Waals surface area contributed by atoms with Crippen molar-refractivity contribution >= 4 is 61.7 Å². The van der Waals surface area contributed by atoms with Gasteiger partial charge in [-0.2, -0.15) is 18.7 Å². The molecule has 0 bridgehead atoms. The zero-order valence-corrected chi connectivity index (χ0v) is 42.3. The van der Waals surface area contributed by atoms with Gasteiger partial charge in [0.1, 0.15) is 36.6 Å².